The molecule has 1 saturated heterocycles. The van der Waals surface area contributed by atoms with E-state index in [1.54, 1.807) is 6.92 Å². The van der Waals surface area contributed by atoms with Gasteiger partial charge in [0.1, 0.15) is 0 Å². The first-order valence-corrected chi connectivity index (χ1v) is 10.0. The zero-order valence-electron chi connectivity index (χ0n) is 16.7. The second-order valence-corrected chi connectivity index (χ2v) is 7.36. The summed E-state index contributed by atoms with van der Waals surface area (Å²) in [6.45, 7) is 8.52. The molecule has 1 unspecified atom stereocenters. The van der Waals surface area contributed by atoms with E-state index in [4.69, 9.17) is 11.5 Å². The summed E-state index contributed by atoms with van der Waals surface area (Å²) in [6, 6.07) is 7.14. The average Bonchev–Trinajstić information content (AvgIpc) is 3.02. The number of likely N-dealkylation sites (tertiary alicyclic amines) is 1. The van der Waals surface area contributed by atoms with E-state index in [0.29, 0.717) is 5.84 Å². The molecule has 0 radical (unpaired) electrons. The first-order chi connectivity index (χ1) is 12.5. The number of aliphatic imine (C=N–C) groups is 2. The second kappa shape index (κ2) is 10.3. The molecule has 0 spiro atoms. The molecule has 26 heavy (non-hydrogen) atoms. The Kier molecular flexibility index (Phi) is 8.10. The molecule has 1 aliphatic heterocycles. The number of rotatable bonds is 2. The van der Waals surface area contributed by atoms with Crippen molar-refractivity contribution >= 4 is 17.5 Å². The van der Waals surface area contributed by atoms with E-state index >= 15 is 0 Å². The topological polar surface area (TPSA) is 80.0 Å². The summed E-state index contributed by atoms with van der Waals surface area (Å²) in [5.41, 5.74) is 15.1. The lowest BCUT2D eigenvalue weighted by molar-refractivity contribution is 0.222. The SMILES string of the molecule is C/C(N)=N/C(N)=Nc1ccc2c(c1)CCC(N1CCCC1)CC2.CCC. The van der Waals surface area contributed by atoms with E-state index in [2.05, 4.69) is 40.9 Å². The molecule has 1 aromatic rings. The van der Waals surface area contributed by atoms with E-state index in [-0.39, 0.29) is 5.96 Å². The zero-order chi connectivity index (χ0) is 18.9. The highest BCUT2D eigenvalue weighted by Crippen LogP contribution is 2.28. The van der Waals surface area contributed by atoms with Gasteiger partial charge in [-0.3, -0.25) is 0 Å². The maximum atomic E-state index is 5.79. The molecule has 0 bridgehead atoms. The zero-order valence-corrected chi connectivity index (χ0v) is 16.7. The normalized spacial score (nSPS) is 21.6. The smallest absolute Gasteiger partial charge is 0.222 e. The maximum absolute atomic E-state index is 5.79. The van der Waals surface area contributed by atoms with Crippen molar-refractivity contribution in [1.82, 2.24) is 4.90 Å². The van der Waals surface area contributed by atoms with Crippen LogP contribution in [0.1, 0.15) is 64.0 Å². The van der Waals surface area contributed by atoms with Gasteiger partial charge in [0.15, 0.2) is 0 Å². The van der Waals surface area contributed by atoms with E-state index in [9.17, 15) is 0 Å². The van der Waals surface area contributed by atoms with E-state index in [1.807, 2.05) is 6.07 Å². The number of aryl methyl sites for hydroxylation is 2. The summed E-state index contributed by atoms with van der Waals surface area (Å²) in [6.07, 6.45) is 8.78. The largest absolute Gasteiger partial charge is 0.387 e. The van der Waals surface area contributed by atoms with Gasteiger partial charge in [-0.15, -0.1) is 0 Å². The third-order valence-corrected chi connectivity index (χ3v) is 4.88. The van der Waals surface area contributed by atoms with E-state index in [1.165, 1.54) is 56.3 Å². The predicted molar refractivity (Wildman–Crippen MR) is 112 cm³/mol. The lowest BCUT2D eigenvalue weighted by atomic mass is 10.0. The molecule has 1 atom stereocenters. The Morgan fingerprint density at radius 2 is 1.69 bits per heavy atom. The van der Waals surface area contributed by atoms with Crippen molar-refractivity contribution in [2.75, 3.05) is 13.1 Å². The van der Waals surface area contributed by atoms with Gasteiger partial charge in [0, 0.05) is 6.04 Å². The number of nitrogens with zero attached hydrogens (tertiary/aromatic N) is 3. The van der Waals surface area contributed by atoms with Crippen molar-refractivity contribution in [2.45, 2.75) is 71.8 Å². The minimum absolute atomic E-state index is 0.216. The standard InChI is InChI=1S/C18H27N5.C3H8/c1-13(19)21-18(20)22-16-7-4-14-5-8-17(9-6-15(14)12-16)23-10-2-3-11-23;1-3-2/h4,7,12,17H,2-3,5-6,8-11H2,1H3,(H4,19,20,21,22);3H2,1-2H3. The highest BCUT2D eigenvalue weighted by atomic mass is 15.2. The Hall–Kier alpha value is -1.88. The van der Waals surface area contributed by atoms with Crippen LogP contribution in [0.2, 0.25) is 0 Å². The Labute approximate surface area is 158 Å². The van der Waals surface area contributed by atoms with Gasteiger partial charge >= 0.3 is 0 Å². The summed E-state index contributed by atoms with van der Waals surface area (Å²) >= 11 is 0. The highest BCUT2D eigenvalue weighted by molar-refractivity contribution is 5.94. The Balaban J connectivity index is 0.000000758. The average molecular weight is 358 g/mol. The number of hydrogen-bond acceptors (Lipinski definition) is 2. The van der Waals surface area contributed by atoms with Gasteiger partial charge in [-0.05, 0) is 81.8 Å². The molecular weight excluding hydrogens is 322 g/mol. The Morgan fingerprint density at radius 1 is 1.08 bits per heavy atom. The molecule has 2 aliphatic rings. The van der Waals surface area contributed by atoms with E-state index in [0.717, 1.165) is 24.6 Å². The van der Waals surface area contributed by atoms with Crippen LogP contribution in [-0.4, -0.2) is 35.8 Å². The number of hydrogen-bond donors (Lipinski definition) is 2. The van der Waals surface area contributed by atoms with Crippen LogP contribution in [0.4, 0.5) is 5.69 Å². The van der Waals surface area contributed by atoms with Crippen molar-refractivity contribution in [3.8, 4) is 0 Å². The van der Waals surface area contributed by atoms with Crippen molar-refractivity contribution in [3.05, 3.63) is 29.3 Å². The molecule has 1 aliphatic carbocycles. The molecule has 0 aromatic heterocycles. The highest BCUT2D eigenvalue weighted by Gasteiger charge is 2.24. The molecule has 1 aromatic carbocycles. The third-order valence-electron chi connectivity index (χ3n) is 4.88. The summed E-state index contributed by atoms with van der Waals surface area (Å²) in [5, 5.41) is 0. The van der Waals surface area contributed by atoms with Crippen LogP contribution in [0.5, 0.6) is 0 Å². The van der Waals surface area contributed by atoms with Gasteiger partial charge in [0.25, 0.3) is 0 Å². The van der Waals surface area contributed by atoms with Crippen LogP contribution in [0.15, 0.2) is 28.2 Å². The van der Waals surface area contributed by atoms with Crippen molar-refractivity contribution in [1.29, 1.82) is 0 Å². The van der Waals surface area contributed by atoms with Crippen LogP contribution in [0, 0.1) is 0 Å². The summed E-state index contributed by atoms with van der Waals surface area (Å²) in [4.78, 5) is 11.0. The lowest BCUT2D eigenvalue weighted by Gasteiger charge is -2.25. The number of benzene rings is 1. The van der Waals surface area contributed by atoms with Crippen molar-refractivity contribution in [3.63, 3.8) is 0 Å². The summed E-state index contributed by atoms with van der Waals surface area (Å²) in [5.74, 6) is 0.642. The Morgan fingerprint density at radius 3 is 2.31 bits per heavy atom. The van der Waals surface area contributed by atoms with Crippen LogP contribution < -0.4 is 11.5 Å². The maximum Gasteiger partial charge on any atom is 0.222 e. The minimum atomic E-state index is 0.216. The van der Waals surface area contributed by atoms with Crippen LogP contribution in [0.25, 0.3) is 0 Å². The number of fused-ring (bicyclic) bond motifs is 1. The number of amidine groups is 1. The fraction of sp³-hybridized carbons (Fsp3) is 0.619. The summed E-state index contributed by atoms with van der Waals surface area (Å²) in [7, 11) is 0. The molecule has 0 saturated carbocycles. The van der Waals surface area contributed by atoms with Crippen LogP contribution in [-0.2, 0) is 12.8 Å². The predicted octanol–water partition coefficient (Wildman–Crippen LogP) is 3.77. The Bertz CT molecular complexity index is 625. The van der Waals surface area contributed by atoms with Gasteiger partial charge < -0.3 is 16.4 Å². The number of nitrogens with two attached hydrogens (primary N) is 2. The van der Waals surface area contributed by atoms with E-state index < -0.39 is 0 Å². The summed E-state index contributed by atoms with van der Waals surface area (Å²) < 4.78 is 0. The number of guanidine groups is 1. The van der Waals surface area contributed by atoms with Crippen molar-refractivity contribution < 1.29 is 0 Å². The molecule has 4 N–H and O–H groups in total. The molecule has 144 valence electrons. The van der Waals surface area contributed by atoms with Gasteiger partial charge in [-0.1, -0.05) is 26.3 Å². The second-order valence-electron chi connectivity index (χ2n) is 7.36. The van der Waals surface area contributed by atoms with Gasteiger partial charge in [0.05, 0.1) is 11.5 Å². The first-order valence-electron chi connectivity index (χ1n) is 10.0. The quantitative estimate of drug-likeness (QED) is 0.480. The molecule has 3 rings (SSSR count). The monoisotopic (exact) mass is 357 g/mol. The lowest BCUT2D eigenvalue weighted by Crippen LogP contribution is -2.32. The minimum Gasteiger partial charge on any atom is -0.387 e. The van der Waals surface area contributed by atoms with Crippen LogP contribution >= 0.6 is 0 Å². The fourth-order valence-corrected chi connectivity index (χ4v) is 3.76. The molecule has 1 fully saturated rings. The molecule has 1 heterocycles. The fourth-order valence-electron chi connectivity index (χ4n) is 3.76. The molecule has 5 heteroatoms. The molecule has 5 nitrogen and oxygen atoms in total. The first kappa shape index (κ1) is 20.4. The van der Waals surface area contributed by atoms with Gasteiger partial charge in [-0.25, -0.2) is 9.98 Å². The van der Waals surface area contributed by atoms with Crippen LogP contribution in [0.3, 0.4) is 0 Å². The van der Waals surface area contributed by atoms with Crippen molar-refractivity contribution in [2.24, 2.45) is 21.5 Å². The molecular formula is C21H35N5. The van der Waals surface area contributed by atoms with Gasteiger partial charge in [-0.2, -0.15) is 0 Å². The van der Waals surface area contributed by atoms with Gasteiger partial charge in [0.2, 0.25) is 5.96 Å². The molecule has 0 amide bonds. The third kappa shape index (κ3) is 6.13.